The molecule has 3 aromatic rings. The summed E-state index contributed by atoms with van der Waals surface area (Å²) in [7, 11) is 0. The van der Waals surface area contributed by atoms with E-state index in [1.807, 2.05) is 48.5 Å². The first-order chi connectivity index (χ1) is 11.3. The van der Waals surface area contributed by atoms with E-state index in [-0.39, 0.29) is 5.91 Å². The first-order valence-corrected chi connectivity index (χ1v) is 9.31. The van der Waals surface area contributed by atoms with Crippen LogP contribution in [0.2, 0.25) is 0 Å². The van der Waals surface area contributed by atoms with E-state index in [0.29, 0.717) is 6.42 Å². The molecular weight excluding hydrogens is 322 g/mol. The molecule has 2 aromatic carbocycles. The van der Waals surface area contributed by atoms with E-state index in [1.54, 1.807) is 23.1 Å². The van der Waals surface area contributed by atoms with Gasteiger partial charge in [0.15, 0.2) is 0 Å². The summed E-state index contributed by atoms with van der Waals surface area (Å²) in [5.74, 6) is 0.925. The van der Waals surface area contributed by atoms with Crippen molar-refractivity contribution in [2.75, 3.05) is 5.32 Å². The van der Waals surface area contributed by atoms with Crippen LogP contribution in [0.25, 0.3) is 0 Å². The van der Waals surface area contributed by atoms with Crippen molar-refractivity contribution >= 4 is 34.7 Å². The summed E-state index contributed by atoms with van der Waals surface area (Å²) in [5, 5.41) is 7.28. The van der Waals surface area contributed by atoms with E-state index in [1.165, 1.54) is 5.56 Å². The zero-order chi connectivity index (χ0) is 15.9. The van der Waals surface area contributed by atoms with E-state index >= 15 is 0 Å². The minimum absolute atomic E-state index is 0.0137. The Balaban J connectivity index is 1.64. The average molecular weight is 339 g/mol. The Labute approximate surface area is 144 Å². The van der Waals surface area contributed by atoms with Gasteiger partial charge in [-0.1, -0.05) is 42.5 Å². The second-order valence-corrected chi connectivity index (χ2v) is 6.92. The van der Waals surface area contributed by atoms with Crippen LogP contribution in [0.5, 0.6) is 0 Å². The largest absolute Gasteiger partial charge is 0.325 e. The van der Waals surface area contributed by atoms with E-state index in [0.717, 1.165) is 21.9 Å². The zero-order valence-corrected chi connectivity index (χ0v) is 14.2. The third-order valence-corrected chi connectivity index (χ3v) is 5.22. The van der Waals surface area contributed by atoms with Gasteiger partial charge in [-0.2, -0.15) is 11.3 Å². The number of thiophene rings is 1. The highest BCUT2D eigenvalue weighted by Gasteiger charge is 2.08. The molecule has 0 spiro atoms. The van der Waals surface area contributed by atoms with Gasteiger partial charge in [0.2, 0.25) is 5.91 Å². The van der Waals surface area contributed by atoms with E-state index in [9.17, 15) is 4.79 Å². The number of carbonyl (C=O) groups excluding carboxylic acids is 1. The molecule has 1 heterocycles. The third kappa shape index (κ3) is 4.71. The maximum Gasteiger partial charge on any atom is 0.228 e. The molecule has 116 valence electrons. The molecule has 0 fully saturated rings. The van der Waals surface area contributed by atoms with Crippen molar-refractivity contribution in [3.8, 4) is 0 Å². The predicted octanol–water partition coefficient (Wildman–Crippen LogP) is 5.22. The number of amides is 1. The Bertz CT molecular complexity index is 754. The maximum absolute atomic E-state index is 12.2. The van der Waals surface area contributed by atoms with Gasteiger partial charge in [-0.25, -0.2) is 0 Å². The molecule has 0 bridgehead atoms. The Kier molecular flexibility index (Phi) is 5.51. The number of hydrogen-bond acceptors (Lipinski definition) is 3. The van der Waals surface area contributed by atoms with Gasteiger partial charge >= 0.3 is 0 Å². The van der Waals surface area contributed by atoms with Crippen molar-refractivity contribution in [3.63, 3.8) is 0 Å². The van der Waals surface area contributed by atoms with Crippen molar-refractivity contribution < 1.29 is 4.79 Å². The summed E-state index contributed by atoms with van der Waals surface area (Å²) in [5.41, 5.74) is 3.22. The summed E-state index contributed by atoms with van der Waals surface area (Å²) < 4.78 is 0. The average Bonchev–Trinajstić information content (AvgIpc) is 3.08. The minimum Gasteiger partial charge on any atom is -0.325 e. The minimum atomic E-state index is 0.0137. The highest BCUT2D eigenvalue weighted by atomic mass is 32.2. The number of carbonyl (C=O) groups is 1. The molecule has 0 aliphatic heterocycles. The lowest BCUT2D eigenvalue weighted by molar-refractivity contribution is -0.115. The molecule has 0 radical (unpaired) electrons. The van der Waals surface area contributed by atoms with Crippen LogP contribution in [0, 0.1) is 0 Å². The second kappa shape index (κ2) is 7.99. The van der Waals surface area contributed by atoms with E-state index in [4.69, 9.17) is 0 Å². The van der Waals surface area contributed by atoms with Crippen molar-refractivity contribution in [1.29, 1.82) is 0 Å². The van der Waals surface area contributed by atoms with Gasteiger partial charge in [0.25, 0.3) is 0 Å². The highest BCUT2D eigenvalue weighted by Crippen LogP contribution is 2.30. The highest BCUT2D eigenvalue weighted by molar-refractivity contribution is 7.98. The lowest BCUT2D eigenvalue weighted by Crippen LogP contribution is -2.14. The molecule has 23 heavy (non-hydrogen) atoms. The molecule has 0 aliphatic carbocycles. The Morgan fingerprint density at radius 3 is 2.52 bits per heavy atom. The molecule has 0 unspecified atom stereocenters. The summed E-state index contributed by atoms with van der Waals surface area (Å²) in [4.78, 5) is 13.3. The van der Waals surface area contributed by atoms with Crippen molar-refractivity contribution in [2.24, 2.45) is 0 Å². The first-order valence-electron chi connectivity index (χ1n) is 7.38. The van der Waals surface area contributed by atoms with Crippen LogP contribution in [-0.2, 0) is 17.0 Å². The van der Waals surface area contributed by atoms with E-state index in [2.05, 4.69) is 28.2 Å². The van der Waals surface area contributed by atoms with Crippen LogP contribution in [0.4, 0.5) is 5.69 Å². The Hall–Kier alpha value is -2.04. The van der Waals surface area contributed by atoms with Gasteiger partial charge in [0.05, 0.1) is 12.1 Å². The quantitative estimate of drug-likeness (QED) is 0.624. The SMILES string of the molecule is O=C(Cc1ccccc1)Nc1ccccc1SCc1ccsc1. The topological polar surface area (TPSA) is 29.1 Å². The normalized spacial score (nSPS) is 10.4. The van der Waals surface area contributed by atoms with E-state index < -0.39 is 0 Å². The van der Waals surface area contributed by atoms with Crippen molar-refractivity contribution in [1.82, 2.24) is 0 Å². The molecule has 0 saturated carbocycles. The summed E-state index contributed by atoms with van der Waals surface area (Å²) in [6.45, 7) is 0. The second-order valence-electron chi connectivity index (χ2n) is 5.13. The number of rotatable bonds is 6. The third-order valence-electron chi connectivity index (χ3n) is 3.34. The fourth-order valence-corrected chi connectivity index (χ4v) is 3.93. The summed E-state index contributed by atoms with van der Waals surface area (Å²) in [6, 6.07) is 19.9. The Morgan fingerprint density at radius 1 is 0.957 bits per heavy atom. The number of nitrogens with one attached hydrogen (secondary N) is 1. The monoisotopic (exact) mass is 339 g/mol. The van der Waals surface area contributed by atoms with Gasteiger partial charge in [-0.15, -0.1) is 11.8 Å². The molecular formula is C19H17NOS2. The molecule has 0 atom stereocenters. The molecule has 1 aromatic heterocycles. The van der Waals surface area contributed by atoms with Crippen LogP contribution in [-0.4, -0.2) is 5.91 Å². The number of benzene rings is 2. The number of hydrogen-bond donors (Lipinski definition) is 1. The van der Waals surface area contributed by atoms with Crippen LogP contribution in [0.15, 0.2) is 76.3 Å². The fourth-order valence-electron chi connectivity index (χ4n) is 2.21. The van der Waals surface area contributed by atoms with Crippen LogP contribution >= 0.6 is 23.1 Å². The lowest BCUT2D eigenvalue weighted by Gasteiger charge is -2.10. The van der Waals surface area contributed by atoms with Crippen LogP contribution in [0.3, 0.4) is 0 Å². The molecule has 1 N–H and O–H groups in total. The molecule has 0 saturated heterocycles. The number of para-hydroxylation sites is 1. The Morgan fingerprint density at radius 2 is 1.74 bits per heavy atom. The first kappa shape index (κ1) is 15.8. The number of thioether (sulfide) groups is 1. The number of anilines is 1. The summed E-state index contributed by atoms with van der Waals surface area (Å²) in [6.07, 6.45) is 0.393. The zero-order valence-electron chi connectivity index (χ0n) is 12.6. The lowest BCUT2D eigenvalue weighted by atomic mass is 10.1. The van der Waals surface area contributed by atoms with Gasteiger partial charge in [-0.05, 0) is 40.1 Å². The fraction of sp³-hybridized carbons (Fsp3) is 0.105. The summed E-state index contributed by atoms with van der Waals surface area (Å²) >= 11 is 3.45. The smallest absolute Gasteiger partial charge is 0.228 e. The maximum atomic E-state index is 12.2. The molecule has 3 rings (SSSR count). The van der Waals surface area contributed by atoms with Gasteiger partial charge in [0, 0.05) is 10.6 Å². The van der Waals surface area contributed by atoms with Crippen molar-refractivity contribution in [3.05, 3.63) is 82.6 Å². The van der Waals surface area contributed by atoms with Gasteiger partial charge in [0.1, 0.15) is 0 Å². The standard InChI is InChI=1S/C19H17NOS2/c21-19(12-15-6-2-1-3-7-15)20-17-8-4-5-9-18(17)23-14-16-10-11-22-13-16/h1-11,13H,12,14H2,(H,20,21). The molecule has 2 nitrogen and oxygen atoms in total. The molecule has 0 aliphatic rings. The predicted molar refractivity (Wildman–Crippen MR) is 99.1 cm³/mol. The van der Waals surface area contributed by atoms with Crippen LogP contribution < -0.4 is 5.32 Å². The van der Waals surface area contributed by atoms with Gasteiger partial charge < -0.3 is 5.32 Å². The van der Waals surface area contributed by atoms with Crippen molar-refractivity contribution in [2.45, 2.75) is 17.1 Å². The molecule has 1 amide bonds. The van der Waals surface area contributed by atoms with Crippen LogP contribution in [0.1, 0.15) is 11.1 Å². The molecule has 4 heteroatoms. The van der Waals surface area contributed by atoms with Gasteiger partial charge in [-0.3, -0.25) is 4.79 Å².